The van der Waals surface area contributed by atoms with E-state index in [2.05, 4.69) is 17.1 Å². The number of carbonyl (C=O) groups excluding carboxylic acids is 1. The minimum atomic E-state index is -0.464. The van der Waals surface area contributed by atoms with E-state index in [4.69, 9.17) is 14.0 Å². The van der Waals surface area contributed by atoms with E-state index in [0.717, 1.165) is 25.9 Å². The van der Waals surface area contributed by atoms with E-state index in [0.29, 0.717) is 23.1 Å². The van der Waals surface area contributed by atoms with Gasteiger partial charge in [-0.2, -0.15) is 4.98 Å². The zero-order chi connectivity index (χ0) is 21.6. The number of benzene rings is 2. The minimum absolute atomic E-state index is 0.0335. The summed E-state index contributed by atoms with van der Waals surface area (Å²) in [6.07, 6.45) is 2.03. The van der Waals surface area contributed by atoms with Crippen LogP contribution in [0.1, 0.15) is 25.7 Å². The van der Waals surface area contributed by atoms with Gasteiger partial charge in [-0.05, 0) is 43.0 Å². The van der Waals surface area contributed by atoms with Crippen LogP contribution in [-0.2, 0) is 11.4 Å². The van der Waals surface area contributed by atoms with Crippen LogP contribution in [0.25, 0.3) is 11.4 Å². The van der Waals surface area contributed by atoms with Gasteiger partial charge < -0.3 is 18.9 Å². The molecule has 0 saturated carbocycles. The van der Waals surface area contributed by atoms with Gasteiger partial charge in [0.2, 0.25) is 5.82 Å². The highest BCUT2D eigenvalue weighted by molar-refractivity contribution is 5.78. The summed E-state index contributed by atoms with van der Waals surface area (Å²) in [5.74, 6) is 1.26. The molecule has 0 unspecified atom stereocenters. The maximum atomic E-state index is 13.7. The topological polar surface area (TPSA) is 77.7 Å². The fourth-order valence-electron chi connectivity index (χ4n) is 3.39. The van der Waals surface area contributed by atoms with Gasteiger partial charge in [0.1, 0.15) is 5.75 Å². The average Bonchev–Trinajstić information content (AvgIpc) is 3.26. The summed E-state index contributed by atoms with van der Waals surface area (Å²) in [4.78, 5) is 18.6. The Balaban J connectivity index is 1.39. The van der Waals surface area contributed by atoms with Crippen molar-refractivity contribution in [2.45, 2.75) is 26.4 Å². The van der Waals surface area contributed by atoms with E-state index in [1.54, 1.807) is 24.3 Å². The quantitative estimate of drug-likeness (QED) is 0.567. The number of aromatic nitrogens is 2. The number of carbonyl (C=O) groups is 1. The summed E-state index contributed by atoms with van der Waals surface area (Å²) in [6.45, 7) is 3.62. The predicted octanol–water partition coefficient (Wildman–Crippen LogP) is 4.09. The molecule has 0 N–H and O–H groups in total. The summed E-state index contributed by atoms with van der Waals surface area (Å²) in [5.41, 5.74) is 0.600. The highest BCUT2D eigenvalue weighted by Crippen LogP contribution is 2.28. The number of amides is 1. The summed E-state index contributed by atoms with van der Waals surface area (Å²) >= 11 is 0. The number of likely N-dealkylation sites (tertiary alicyclic amines) is 1. The van der Waals surface area contributed by atoms with E-state index in [1.165, 1.54) is 12.1 Å². The number of rotatable bonds is 7. The Morgan fingerprint density at radius 1 is 1.10 bits per heavy atom. The van der Waals surface area contributed by atoms with Crippen LogP contribution < -0.4 is 9.47 Å². The molecule has 4 rings (SSSR count). The van der Waals surface area contributed by atoms with Gasteiger partial charge in [0, 0.05) is 13.1 Å². The largest absolute Gasteiger partial charge is 0.483 e. The van der Waals surface area contributed by atoms with Gasteiger partial charge in [0.25, 0.3) is 11.8 Å². The highest BCUT2D eigenvalue weighted by atomic mass is 19.1. The monoisotopic (exact) mass is 425 g/mol. The number of para-hydroxylation sites is 2. The Morgan fingerprint density at radius 3 is 2.58 bits per heavy atom. The number of piperidine rings is 1. The van der Waals surface area contributed by atoms with Gasteiger partial charge in [-0.1, -0.05) is 36.3 Å². The molecule has 1 saturated heterocycles. The van der Waals surface area contributed by atoms with Crippen LogP contribution in [0, 0.1) is 11.7 Å². The summed E-state index contributed by atoms with van der Waals surface area (Å²) < 4.78 is 30.1. The van der Waals surface area contributed by atoms with Crippen LogP contribution in [0.2, 0.25) is 0 Å². The second-order valence-corrected chi connectivity index (χ2v) is 7.58. The molecule has 0 atom stereocenters. The molecule has 1 aliphatic rings. The number of hydrogen-bond acceptors (Lipinski definition) is 6. The van der Waals surface area contributed by atoms with Gasteiger partial charge in [-0.25, -0.2) is 4.39 Å². The first kappa shape index (κ1) is 20.8. The smallest absolute Gasteiger partial charge is 0.264 e. The van der Waals surface area contributed by atoms with Gasteiger partial charge in [0.05, 0.1) is 5.56 Å². The third kappa shape index (κ3) is 5.20. The van der Waals surface area contributed by atoms with Gasteiger partial charge in [-0.15, -0.1) is 0 Å². The molecule has 1 aliphatic heterocycles. The molecule has 8 heteroatoms. The molecule has 0 radical (unpaired) electrons. The molecule has 2 heterocycles. The van der Waals surface area contributed by atoms with Crippen LogP contribution in [0.4, 0.5) is 4.39 Å². The Hall–Kier alpha value is -3.42. The van der Waals surface area contributed by atoms with Crippen molar-refractivity contribution >= 4 is 5.91 Å². The van der Waals surface area contributed by atoms with Crippen LogP contribution in [-0.4, -0.2) is 40.6 Å². The zero-order valence-electron chi connectivity index (χ0n) is 17.3. The van der Waals surface area contributed by atoms with Crippen molar-refractivity contribution < 1.29 is 23.2 Å². The van der Waals surface area contributed by atoms with Crippen LogP contribution >= 0.6 is 0 Å². The molecule has 0 aliphatic carbocycles. The lowest BCUT2D eigenvalue weighted by Gasteiger charge is -2.30. The van der Waals surface area contributed by atoms with Crippen LogP contribution in [0.5, 0.6) is 11.5 Å². The first-order chi connectivity index (χ1) is 15.1. The van der Waals surface area contributed by atoms with Gasteiger partial charge in [0.15, 0.2) is 24.8 Å². The van der Waals surface area contributed by atoms with Crippen molar-refractivity contribution in [3.05, 3.63) is 60.2 Å². The summed E-state index contributed by atoms with van der Waals surface area (Å²) in [7, 11) is 0. The Morgan fingerprint density at radius 2 is 1.81 bits per heavy atom. The lowest BCUT2D eigenvalue weighted by Crippen LogP contribution is -2.40. The maximum Gasteiger partial charge on any atom is 0.264 e. The molecule has 1 amide bonds. The predicted molar refractivity (Wildman–Crippen MR) is 111 cm³/mol. The molecule has 0 spiro atoms. The second kappa shape index (κ2) is 9.59. The highest BCUT2D eigenvalue weighted by Gasteiger charge is 2.21. The molecular formula is C23H24FN3O4. The molecule has 1 aromatic heterocycles. The van der Waals surface area contributed by atoms with Crippen molar-refractivity contribution in [3.8, 4) is 22.9 Å². The third-order valence-corrected chi connectivity index (χ3v) is 5.27. The average molecular weight is 425 g/mol. The minimum Gasteiger partial charge on any atom is -0.483 e. The standard InChI is InChI=1S/C23H24FN3O4/c1-16-10-12-27(13-11-16)22(28)15-30-19-8-4-2-6-17(19)23-25-21(31-26-23)14-29-20-9-5-3-7-18(20)24/h2-9,16H,10-15H2,1H3. The van der Waals surface area contributed by atoms with E-state index >= 15 is 0 Å². The molecule has 1 fully saturated rings. The number of hydrogen-bond donors (Lipinski definition) is 0. The maximum absolute atomic E-state index is 13.7. The first-order valence-corrected chi connectivity index (χ1v) is 10.3. The zero-order valence-corrected chi connectivity index (χ0v) is 17.3. The summed E-state index contributed by atoms with van der Waals surface area (Å²) in [5, 5.41) is 3.97. The molecule has 2 aromatic carbocycles. The Kier molecular flexibility index (Phi) is 6.45. The summed E-state index contributed by atoms with van der Waals surface area (Å²) in [6, 6.07) is 13.3. The Bertz CT molecular complexity index is 1030. The van der Waals surface area contributed by atoms with E-state index in [9.17, 15) is 9.18 Å². The van der Waals surface area contributed by atoms with Crippen LogP contribution in [0.15, 0.2) is 53.1 Å². The van der Waals surface area contributed by atoms with Crippen molar-refractivity contribution in [2.75, 3.05) is 19.7 Å². The molecule has 7 nitrogen and oxygen atoms in total. The van der Waals surface area contributed by atoms with Crippen molar-refractivity contribution in [3.63, 3.8) is 0 Å². The fraction of sp³-hybridized carbons (Fsp3) is 0.348. The van der Waals surface area contributed by atoms with E-state index < -0.39 is 5.82 Å². The lowest BCUT2D eigenvalue weighted by atomic mass is 9.99. The van der Waals surface area contributed by atoms with Gasteiger partial charge in [-0.3, -0.25) is 4.79 Å². The van der Waals surface area contributed by atoms with E-state index in [1.807, 2.05) is 17.0 Å². The first-order valence-electron chi connectivity index (χ1n) is 10.3. The number of nitrogens with zero attached hydrogens (tertiary/aromatic N) is 3. The molecule has 0 bridgehead atoms. The third-order valence-electron chi connectivity index (χ3n) is 5.27. The van der Waals surface area contributed by atoms with Crippen molar-refractivity contribution in [2.24, 2.45) is 5.92 Å². The van der Waals surface area contributed by atoms with Gasteiger partial charge >= 0.3 is 0 Å². The van der Waals surface area contributed by atoms with Crippen molar-refractivity contribution in [1.82, 2.24) is 15.0 Å². The number of ether oxygens (including phenoxy) is 2. The molecule has 31 heavy (non-hydrogen) atoms. The molecule has 162 valence electrons. The second-order valence-electron chi connectivity index (χ2n) is 7.58. The Labute approximate surface area is 179 Å². The van der Waals surface area contributed by atoms with Crippen molar-refractivity contribution in [1.29, 1.82) is 0 Å². The fourth-order valence-corrected chi connectivity index (χ4v) is 3.39. The number of halogens is 1. The molecular weight excluding hydrogens is 401 g/mol. The SMILES string of the molecule is CC1CCN(C(=O)COc2ccccc2-c2noc(COc3ccccc3F)n2)CC1. The normalized spacial score (nSPS) is 14.5. The van der Waals surface area contributed by atoms with E-state index in [-0.39, 0.29) is 30.8 Å². The lowest BCUT2D eigenvalue weighted by molar-refractivity contribution is -0.134. The van der Waals surface area contributed by atoms with Crippen LogP contribution in [0.3, 0.4) is 0 Å². The molecule has 3 aromatic rings.